The van der Waals surface area contributed by atoms with Crippen LogP contribution in [-0.2, 0) is 4.74 Å². The molecule has 0 N–H and O–H groups in total. The molecule has 1 aliphatic heterocycles. The molecule has 102 valence electrons. The van der Waals surface area contributed by atoms with Crippen molar-refractivity contribution in [1.82, 2.24) is 15.1 Å². The highest BCUT2D eigenvalue weighted by atomic mass is 32.1. The highest BCUT2D eigenvalue weighted by Crippen LogP contribution is 2.27. The summed E-state index contributed by atoms with van der Waals surface area (Å²) in [4.78, 5) is 15.3. The summed E-state index contributed by atoms with van der Waals surface area (Å²) in [7, 11) is 1.74. The summed E-state index contributed by atoms with van der Waals surface area (Å²) in [6.45, 7) is 2.91. The first-order valence-electron chi connectivity index (χ1n) is 6.03. The highest BCUT2D eigenvalue weighted by Gasteiger charge is 2.38. The fourth-order valence-electron chi connectivity index (χ4n) is 1.81. The van der Waals surface area contributed by atoms with Crippen LogP contribution in [0.1, 0.15) is 17.8 Å². The van der Waals surface area contributed by atoms with Crippen molar-refractivity contribution in [3.05, 3.63) is 5.01 Å². The molecule has 1 aliphatic rings. The summed E-state index contributed by atoms with van der Waals surface area (Å²) in [5.41, 5.74) is 0. The number of hydrogen-bond donors (Lipinski definition) is 0. The van der Waals surface area contributed by atoms with Crippen LogP contribution in [0.2, 0.25) is 0 Å². The Kier molecular flexibility index (Phi) is 4.35. The van der Waals surface area contributed by atoms with Gasteiger partial charge in [-0.05, 0) is 13.3 Å². The van der Waals surface area contributed by atoms with Crippen molar-refractivity contribution in [1.29, 1.82) is 0 Å². The monoisotopic (exact) mass is 280 g/mol. The molecule has 0 saturated carbocycles. The van der Waals surface area contributed by atoms with E-state index in [1.54, 1.807) is 16.8 Å². The zero-order chi connectivity index (χ0) is 13.8. The first-order chi connectivity index (χ1) is 9.13. The number of carbonyl (C=O) groups excluding carboxylic acids is 1. The van der Waals surface area contributed by atoms with Gasteiger partial charge in [0.15, 0.2) is 6.23 Å². The Morgan fingerprint density at radius 2 is 2.37 bits per heavy atom. The number of amides is 2. The first-order valence-corrected chi connectivity index (χ1v) is 6.84. The van der Waals surface area contributed by atoms with Crippen LogP contribution in [0.25, 0.3) is 0 Å². The average molecular weight is 280 g/mol. The third-order valence-electron chi connectivity index (χ3n) is 2.75. The second-order valence-electron chi connectivity index (χ2n) is 4.27. The van der Waals surface area contributed by atoms with Gasteiger partial charge < -0.3 is 9.64 Å². The van der Waals surface area contributed by atoms with Crippen LogP contribution >= 0.6 is 11.3 Å². The van der Waals surface area contributed by atoms with Crippen molar-refractivity contribution >= 4 is 22.5 Å². The molecule has 2 rings (SSSR count). The Bertz CT molecular complexity index is 496. The molecule has 6 nitrogen and oxygen atoms in total. The molecule has 0 radical (unpaired) electrons. The van der Waals surface area contributed by atoms with Crippen LogP contribution in [0, 0.1) is 19.3 Å². The van der Waals surface area contributed by atoms with E-state index in [-0.39, 0.29) is 12.3 Å². The number of hydrogen-bond acceptors (Lipinski definition) is 5. The van der Waals surface area contributed by atoms with Crippen molar-refractivity contribution in [3.63, 3.8) is 0 Å². The predicted octanol–water partition coefficient (Wildman–Crippen LogP) is 1.47. The van der Waals surface area contributed by atoms with Gasteiger partial charge in [0.05, 0.1) is 13.2 Å². The van der Waals surface area contributed by atoms with Gasteiger partial charge in [-0.1, -0.05) is 11.3 Å². The highest BCUT2D eigenvalue weighted by molar-refractivity contribution is 7.15. The second-order valence-corrected chi connectivity index (χ2v) is 5.43. The lowest BCUT2D eigenvalue weighted by atomic mass is 10.3. The minimum atomic E-state index is -0.317. The minimum absolute atomic E-state index is 0.113. The lowest BCUT2D eigenvalue weighted by molar-refractivity contribution is 0.0612. The number of anilines is 1. The zero-order valence-electron chi connectivity index (χ0n) is 11.0. The van der Waals surface area contributed by atoms with Crippen molar-refractivity contribution in [2.45, 2.75) is 26.0 Å². The van der Waals surface area contributed by atoms with Crippen LogP contribution in [0.3, 0.4) is 0 Å². The smallest absolute Gasteiger partial charge is 0.328 e. The zero-order valence-corrected chi connectivity index (χ0v) is 11.8. The quantitative estimate of drug-likeness (QED) is 0.605. The third-order valence-corrected chi connectivity index (χ3v) is 3.59. The summed E-state index contributed by atoms with van der Waals surface area (Å²) in [5, 5.41) is 9.35. The van der Waals surface area contributed by atoms with Gasteiger partial charge in [-0.15, -0.1) is 22.5 Å². The minimum Gasteiger partial charge on any atom is -0.356 e. The van der Waals surface area contributed by atoms with E-state index < -0.39 is 0 Å². The lowest BCUT2D eigenvalue weighted by Crippen LogP contribution is -2.36. The van der Waals surface area contributed by atoms with Gasteiger partial charge >= 0.3 is 6.03 Å². The Balaban J connectivity index is 2.04. The summed E-state index contributed by atoms with van der Waals surface area (Å²) in [6, 6.07) is -0.113. The molecule has 1 saturated heterocycles. The van der Waals surface area contributed by atoms with Crippen LogP contribution in [-0.4, -0.2) is 47.6 Å². The largest absolute Gasteiger partial charge is 0.356 e. The molecule has 0 aliphatic carbocycles. The molecule has 0 spiro atoms. The standard InChI is InChI=1S/C12H16N4O2S/c1-4-5-6-7-18-10-8-15(3)12(17)16(10)11-14-13-9(2)19-11/h1,10H,5-8H2,2-3H3. The van der Waals surface area contributed by atoms with Gasteiger partial charge in [0.1, 0.15) is 5.01 Å². The lowest BCUT2D eigenvalue weighted by Gasteiger charge is -2.19. The van der Waals surface area contributed by atoms with Gasteiger partial charge in [0, 0.05) is 13.5 Å². The number of aryl methyl sites for hydroxylation is 1. The maximum absolute atomic E-state index is 12.1. The van der Waals surface area contributed by atoms with E-state index in [0.717, 1.165) is 11.4 Å². The van der Waals surface area contributed by atoms with Gasteiger partial charge in [-0.2, -0.15) is 0 Å². The van der Waals surface area contributed by atoms with Crippen molar-refractivity contribution in [2.24, 2.45) is 0 Å². The van der Waals surface area contributed by atoms with E-state index in [9.17, 15) is 4.79 Å². The Hall–Kier alpha value is -1.65. The number of nitrogens with zero attached hydrogens (tertiary/aromatic N) is 4. The summed E-state index contributed by atoms with van der Waals surface area (Å²) in [5.74, 6) is 2.57. The Morgan fingerprint density at radius 3 is 3.00 bits per heavy atom. The van der Waals surface area contributed by atoms with Crippen LogP contribution in [0.15, 0.2) is 0 Å². The van der Waals surface area contributed by atoms with Crippen molar-refractivity contribution in [2.75, 3.05) is 25.1 Å². The van der Waals surface area contributed by atoms with Crippen LogP contribution in [0.5, 0.6) is 0 Å². The fraction of sp³-hybridized carbons (Fsp3) is 0.583. The molecule has 19 heavy (non-hydrogen) atoms. The van der Waals surface area contributed by atoms with Crippen molar-refractivity contribution < 1.29 is 9.53 Å². The number of likely N-dealkylation sites (N-methyl/N-ethyl adjacent to an activating group) is 1. The Labute approximate surface area is 116 Å². The fourth-order valence-corrected chi connectivity index (χ4v) is 2.53. The number of urea groups is 1. The molecule has 1 fully saturated rings. The van der Waals surface area contributed by atoms with Gasteiger partial charge in [-0.3, -0.25) is 0 Å². The predicted molar refractivity (Wildman–Crippen MR) is 73.0 cm³/mol. The molecular formula is C12H16N4O2S. The van der Waals surface area contributed by atoms with Crippen molar-refractivity contribution in [3.8, 4) is 12.3 Å². The summed E-state index contributed by atoms with van der Waals surface area (Å²) in [6.07, 6.45) is 6.34. The number of unbranched alkanes of at least 4 members (excludes halogenated alkanes) is 1. The van der Waals surface area contributed by atoms with E-state index in [1.807, 2.05) is 6.92 Å². The topological polar surface area (TPSA) is 58.6 Å². The maximum atomic E-state index is 12.1. The molecule has 7 heteroatoms. The summed E-state index contributed by atoms with van der Waals surface area (Å²) < 4.78 is 5.73. The summed E-state index contributed by atoms with van der Waals surface area (Å²) >= 11 is 1.38. The molecular weight excluding hydrogens is 264 g/mol. The number of terminal acetylenes is 1. The molecule has 0 bridgehead atoms. The van der Waals surface area contributed by atoms with E-state index in [1.165, 1.54) is 11.3 Å². The second kappa shape index (κ2) is 5.99. The number of aromatic nitrogens is 2. The van der Waals surface area contributed by atoms with Crippen LogP contribution in [0.4, 0.5) is 9.93 Å². The van der Waals surface area contributed by atoms with Gasteiger partial charge in [0.25, 0.3) is 0 Å². The van der Waals surface area contributed by atoms with E-state index in [4.69, 9.17) is 11.2 Å². The first kappa shape index (κ1) is 13.8. The third kappa shape index (κ3) is 3.03. The van der Waals surface area contributed by atoms with Gasteiger partial charge in [0.2, 0.25) is 5.13 Å². The van der Waals surface area contributed by atoms with E-state index in [2.05, 4.69) is 16.1 Å². The molecule has 2 amide bonds. The molecule has 1 aromatic rings. The molecule has 1 aromatic heterocycles. The van der Waals surface area contributed by atoms with Gasteiger partial charge in [-0.25, -0.2) is 9.69 Å². The normalized spacial score (nSPS) is 19.0. The number of rotatable bonds is 5. The van der Waals surface area contributed by atoms with Crippen LogP contribution < -0.4 is 4.90 Å². The average Bonchev–Trinajstić information content (AvgIpc) is 2.91. The molecule has 0 aromatic carbocycles. The Morgan fingerprint density at radius 1 is 1.58 bits per heavy atom. The molecule has 2 heterocycles. The maximum Gasteiger partial charge on any atom is 0.328 e. The molecule has 1 atom stereocenters. The molecule has 1 unspecified atom stereocenters. The van der Waals surface area contributed by atoms with E-state index in [0.29, 0.717) is 24.7 Å². The van der Waals surface area contributed by atoms with E-state index >= 15 is 0 Å². The number of ether oxygens (including phenoxy) is 1. The SMILES string of the molecule is C#CCCCOC1CN(C)C(=O)N1c1nnc(C)s1. The number of carbonyl (C=O) groups is 1.